The van der Waals surface area contributed by atoms with Crippen molar-refractivity contribution in [3.63, 3.8) is 0 Å². The van der Waals surface area contributed by atoms with Crippen molar-refractivity contribution in [3.05, 3.63) is 46.8 Å². The van der Waals surface area contributed by atoms with Crippen LogP contribution in [0.5, 0.6) is 11.5 Å². The minimum atomic E-state index is -0.375. The second kappa shape index (κ2) is 16.2. The van der Waals surface area contributed by atoms with E-state index in [1.807, 2.05) is 19.9 Å². The molecule has 0 bridgehead atoms. The van der Waals surface area contributed by atoms with Crippen molar-refractivity contribution in [2.75, 3.05) is 0 Å². The van der Waals surface area contributed by atoms with Crippen LogP contribution in [0, 0.1) is 19.7 Å². The fourth-order valence-corrected chi connectivity index (χ4v) is 6.16. The molecule has 2 aromatic rings. The molecule has 0 N–H and O–H groups in total. The Labute approximate surface area is 243 Å². The number of benzene rings is 2. The SMILES string of the molecule is CCCCCCCCCCCCCCCC[C@]1(C)CCc2c(c(C)c(C)c(OC(C)=O)c2-c2cccc(F)c2)O1. The standard InChI is InChI=1S/C36H53FO3/c1-6-7-8-9-10-11-12-13-14-15-16-17-18-19-24-36(5)25-23-32-33(30-21-20-22-31(37)26-30)35(39-29(4)38)28(3)27(2)34(32)40-36/h20-22,26H,6-19,23-25H2,1-5H3/t36-/m1/s1. The summed E-state index contributed by atoms with van der Waals surface area (Å²) in [6, 6.07) is 6.53. The van der Waals surface area contributed by atoms with E-state index in [1.165, 1.54) is 109 Å². The van der Waals surface area contributed by atoms with E-state index in [4.69, 9.17) is 9.47 Å². The van der Waals surface area contributed by atoms with Gasteiger partial charge in [0.25, 0.3) is 0 Å². The van der Waals surface area contributed by atoms with Crippen molar-refractivity contribution in [3.8, 4) is 22.6 Å². The van der Waals surface area contributed by atoms with Gasteiger partial charge in [-0.3, -0.25) is 4.79 Å². The molecule has 0 fully saturated rings. The molecule has 0 aliphatic carbocycles. The first-order valence-corrected chi connectivity index (χ1v) is 16.0. The van der Waals surface area contributed by atoms with Gasteiger partial charge in [-0.05, 0) is 75.3 Å². The highest BCUT2D eigenvalue weighted by Crippen LogP contribution is 2.49. The minimum Gasteiger partial charge on any atom is -0.487 e. The van der Waals surface area contributed by atoms with E-state index in [9.17, 15) is 9.18 Å². The van der Waals surface area contributed by atoms with Crippen molar-refractivity contribution in [1.29, 1.82) is 0 Å². The molecule has 0 amide bonds. The Kier molecular flexibility index (Phi) is 13.0. The highest BCUT2D eigenvalue weighted by atomic mass is 19.1. The molecule has 3 nitrogen and oxygen atoms in total. The summed E-state index contributed by atoms with van der Waals surface area (Å²) in [5.41, 5.74) is 4.17. The van der Waals surface area contributed by atoms with Gasteiger partial charge >= 0.3 is 5.97 Å². The van der Waals surface area contributed by atoms with Crippen LogP contribution >= 0.6 is 0 Å². The van der Waals surface area contributed by atoms with E-state index >= 15 is 0 Å². The zero-order valence-corrected chi connectivity index (χ0v) is 25.9. The van der Waals surface area contributed by atoms with Crippen LogP contribution in [0.4, 0.5) is 4.39 Å². The molecule has 1 atom stereocenters. The maximum atomic E-state index is 14.2. The van der Waals surface area contributed by atoms with Crippen LogP contribution in [-0.4, -0.2) is 11.6 Å². The van der Waals surface area contributed by atoms with Crippen LogP contribution in [0.3, 0.4) is 0 Å². The van der Waals surface area contributed by atoms with E-state index < -0.39 is 0 Å². The molecule has 0 unspecified atom stereocenters. The number of fused-ring (bicyclic) bond motifs is 1. The maximum absolute atomic E-state index is 14.2. The van der Waals surface area contributed by atoms with Crippen LogP contribution in [0.15, 0.2) is 24.3 Å². The summed E-state index contributed by atoms with van der Waals surface area (Å²) in [5.74, 6) is 0.720. The van der Waals surface area contributed by atoms with Gasteiger partial charge in [0.2, 0.25) is 0 Å². The lowest BCUT2D eigenvalue weighted by atomic mass is 9.82. The quantitative estimate of drug-likeness (QED) is 0.111. The largest absolute Gasteiger partial charge is 0.487 e. The molecular weight excluding hydrogens is 499 g/mol. The number of halogens is 1. The fourth-order valence-electron chi connectivity index (χ4n) is 6.16. The molecule has 3 rings (SSSR count). The zero-order valence-electron chi connectivity index (χ0n) is 25.9. The summed E-state index contributed by atoms with van der Waals surface area (Å²) in [4.78, 5) is 12.0. The smallest absolute Gasteiger partial charge is 0.308 e. The Morgan fingerprint density at radius 2 is 1.48 bits per heavy atom. The first kappa shape index (κ1) is 32.2. The van der Waals surface area contributed by atoms with Gasteiger partial charge in [0.15, 0.2) is 0 Å². The minimum absolute atomic E-state index is 0.219. The summed E-state index contributed by atoms with van der Waals surface area (Å²) in [6.45, 7) is 9.91. The van der Waals surface area contributed by atoms with Crippen LogP contribution in [0.25, 0.3) is 11.1 Å². The lowest BCUT2D eigenvalue weighted by molar-refractivity contribution is -0.131. The van der Waals surface area contributed by atoms with E-state index in [1.54, 1.807) is 6.07 Å². The molecule has 4 heteroatoms. The van der Waals surface area contributed by atoms with E-state index in [2.05, 4.69) is 13.8 Å². The van der Waals surface area contributed by atoms with Gasteiger partial charge in [0.05, 0.1) is 0 Å². The Balaban J connectivity index is 1.51. The summed E-state index contributed by atoms with van der Waals surface area (Å²) < 4.78 is 26.7. The number of hydrogen-bond acceptors (Lipinski definition) is 3. The number of hydrogen-bond donors (Lipinski definition) is 0. The molecule has 2 aromatic carbocycles. The Morgan fingerprint density at radius 1 is 0.900 bits per heavy atom. The van der Waals surface area contributed by atoms with Crippen molar-refractivity contribution in [2.24, 2.45) is 0 Å². The molecular formula is C36H53FO3. The molecule has 0 saturated carbocycles. The summed E-state index contributed by atoms with van der Waals surface area (Å²) in [6.07, 6.45) is 21.8. The molecule has 40 heavy (non-hydrogen) atoms. The summed E-state index contributed by atoms with van der Waals surface area (Å²) in [7, 11) is 0. The third kappa shape index (κ3) is 9.35. The highest BCUT2D eigenvalue weighted by Gasteiger charge is 2.35. The van der Waals surface area contributed by atoms with Crippen molar-refractivity contribution in [2.45, 2.75) is 149 Å². The van der Waals surface area contributed by atoms with Gasteiger partial charge in [-0.2, -0.15) is 0 Å². The van der Waals surface area contributed by atoms with Crippen molar-refractivity contribution < 1.29 is 18.7 Å². The number of esters is 1. The third-order valence-electron chi connectivity index (χ3n) is 8.72. The topological polar surface area (TPSA) is 35.5 Å². The Morgan fingerprint density at radius 3 is 2.02 bits per heavy atom. The van der Waals surface area contributed by atoms with E-state index in [-0.39, 0.29) is 17.4 Å². The second-order valence-corrected chi connectivity index (χ2v) is 12.3. The van der Waals surface area contributed by atoms with Gasteiger partial charge < -0.3 is 9.47 Å². The predicted molar refractivity (Wildman–Crippen MR) is 165 cm³/mol. The lowest BCUT2D eigenvalue weighted by Crippen LogP contribution is -2.37. The molecule has 1 aliphatic rings. The lowest BCUT2D eigenvalue weighted by Gasteiger charge is -2.38. The van der Waals surface area contributed by atoms with Crippen LogP contribution in [-0.2, 0) is 11.2 Å². The van der Waals surface area contributed by atoms with Gasteiger partial charge in [0, 0.05) is 18.1 Å². The number of carbonyl (C=O) groups excluding carboxylic acids is 1. The summed E-state index contributed by atoms with van der Waals surface area (Å²) in [5, 5.41) is 0. The van der Waals surface area contributed by atoms with Crippen LogP contribution < -0.4 is 9.47 Å². The van der Waals surface area contributed by atoms with Gasteiger partial charge in [-0.25, -0.2) is 4.39 Å². The maximum Gasteiger partial charge on any atom is 0.308 e. The molecule has 1 heterocycles. The van der Waals surface area contributed by atoms with E-state index in [0.29, 0.717) is 5.75 Å². The van der Waals surface area contributed by atoms with Crippen LogP contribution in [0.2, 0.25) is 0 Å². The molecule has 1 aliphatic heterocycles. The molecule has 0 radical (unpaired) electrons. The van der Waals surface area contributed by atoms with Gasteiger partial charge in [-0.1, -0.05) is 103 Å². The van der Waals surface area contributed by atoms with Crippen molar-refractivity contribution >= 4 is 5.97 Å². The number of unbranched alkanes of at least 4 members (excludes halogenated alkanes) is 13. The monoisotopic (exact) mass is 552 g/mol. The van der Waals surface area contributed by atoms with E-state index in [0.717, 1.165) is 52.8 Å². The fraction of sp³-hybridized carbons (Fsp3) is 0.639. The van der Waals surface area contributed by atoms with Crippen molar-refractivity contribution in [1.82, 2.24) is 0 Å². The first-order valence-electron chi connectivity index (χ1n) is 16.0. The number of carbonyl (C=O) groups is 1. The molecule has 0 aromatic heterocycles. The number of ether oxygens (including phenoxy) is 2. The average molecular weight is 553 g/mol. The molecule has 222 valence electrons. The Hall–Kier alpha value is -2.36. The Bertz CT molecular complexity index is 1090. The van der Waals surface area contributed by atoms with Crippen LogP contribution in [0.1, 0.15) is 140 Å². The third-order valence-corrected chi connectivity index (χ3v) is 8.72. The van der Waals surface area contributed by atoms with Gasteiger partial charge in [-0.15, -0.1) is 0 Å². The normalized spacial score (nSPS) is 16.4. The second-order valence-electron chi connectivity index (χ2n) is 12.3. The highest BCUT2D eigenvalue weighted by molar-refractivity contribution is 5.83. The average Bonchev–Trinajstić information content (AvgIpc) is 2.92. The zero-order chi connectivity index (χ0) is 29.0. The molecule has 0 spiro atoms. The molecule has 0 saturated heterocycles. The summed E-state index contributed by atoms with van der Waals surface area (Å²) >= 11 is 0. The number of rotatable bonds is 17. The predicted octanol–water partition coefficient (Wildman–Crippen LogP) is 11.0. The van der Waals surface area contributed by atoms with Gasteiger partial charge in [0.1, 0.15) is 22.9 Å². The first-order chi connectivity index (χ1) is 19.3.